The summed E-state index contributed by atoms with van der Waals surface area (Å²) in [5, 5.41) is 3.31. The zero-order valence-electron chi connectivity index (χ0n) is 9.24. The molecule has 0 bridgehead atoms. The molecule has 15 heavy (non-hydrogen) atoms. The van der Waals surface area contributed by atoms with Crippen LogP contribution in [0.15, 0.2) is 0 Å². The van der Waals surface area contributed by atoms with E-state index in [0.29, 0.717) is 30.0 Å². The Kier molecular flexibility index (Phi) is 3.67. The highest BCUT2D eigenvalue weighted by Crippen LogP contribution is 2.27. The summed E-state index contributed by atoms with van der Waals surface area (Å²) in [5.41, 5.74) is 0. The maximum atomic E-state index is 11.7. The van der Waals surface area contributed by atoms with Gasteiger partial charge in [0.15, 0.2) is 9.84 Å². The first-order valence-corrected chi connectivity index (χ1v) is 7.92. The third-order valence-corrected chi connectivity index (χ3v) is 5.47. The van der Waals surface area contributed by atoms with E-state index in [2.05, 4.69) is 5.32 Å². The third-order valence-electron chi connectivity index (χ3n) is 3.67. The van der Waals surface area contributed by atoms with Gasteiger partial charge in [-0.2, -0.15) is 0 Å². The molecule has 0 spiro atoms. The van der Waals surface area contributed by atoms with Crippen LogP contribution in [0, 0.1) is 5.92 Å². The van der Waals surface area contributed by atoms with Gasteiger partial charge >= 0.3 is 0 Å². The van der Waals surface area contributed by atoms with Gasteiger partial charge in [-0.15, -0.1) is 0 Å². The molecule has 2 aliphatic rings. The van der Waals surface area contributed by atoms with Crippen LogP contribution < -0.4 is 5.32 Å². The number of hydrogen-bond acceptors (Lipinski definition) is 3. The average molecular weight is 231 g/mol. The first-order valence-electron chi connectivity index (χ1n) is 6.09. The predicted octanol–water partition coefficient (Wildman–Crippen LogP) is 1.34. The Hall–Kier alpha value is -0.0900. The van der Waals surface area contributed by atoms with Gasteiger partial charge in [0.05, 0.1) is 11.5 Å². The molecule has 0 atom stereocenters. The molecule has 0 aromatic heterocycles. The summed E-state index contributed by atoms with van der Waals surface area (Å²) < 4.78 is 23.4. The Labute approximate surface area is 92.6 Å². The maximum absolute atomic E-state index is 11.7. The number of nitrogens with one attached hydrogen (secondary N) is 1. The number of hydrogen-bond donors (Lipinski definition) is 1. The summed E-state index contributed by atoms with van der Waals surface area (Å²) >= 11 is 0. The molecule has 0 saturated heterocycles. The first kappa shape index (κ1) is 11.4. The molecule has 2 rings (SSSR count). The molecule has 0 radical (unpaired) electrons. The second-order valence-corrected chi connectivity index (χ2v) is 7.22. The van der Waals surface area contributed by atoms with E-state index in [1.165, 1.54) is 25.7 Å². The Balaban J connectivity index is 1.62. The molecule has 4 heteroatoms. The van der Waals surface area contributed by atoms with Crippen LogP contribution in [0.4, 0.5) is 0 Å². The third kappa shape index (κ3) is 3.45. The molecular formula is C11H21NO2S. The van der Waals surface area contributed by atoms with Crippen LogP contribution in [0.3, 0.4) is 0 Å². The summed E-state index contributed by atoms with van der Waals surface area (Å²) in [7, 11) is -2.78. The normalized spacial score (nSPS) is 23.5. The topological polar surface area (TPSA) is 46.2 Å². The maximum Gasteiger partial charge on any atom is 0.151 e. The second-order valence-electron chi connectivity index (χ2n) is 4.99. The van der Waals surface area contributed by atoms with E-state index in [9.17, 15) is 8.42 Å². The average Bonchev–Trinajstić information content (AvgIpc) is 2.03. The molecule has 1 N–H and O–H groups in total. The molecule has 2 fully saturated rings. The van der Waals surface area contributed by atoms with Crippen molar-refractivity contribution in [1.82, 2.24) is 5.32 Å². The lowest BCUT2D eigenvalue weighted by Crippen LogP contribution is -2.38. The molecule has 2 aliphatic carbocycles. The highest BCUT2D eigenvalue weighted by molar-refractivity contribution is 7.91. The van der Waals surface area contributed by atoms with Crippen molar-refractivity contribution in [2.24, 2.45) is 5.92 Å². The molecule has 0 heterocycles. The lowest BCUT2D eigenvalue weighted by Gasteiger charge is -2.27. The molecule has 0 aromatic rings. The minimum Gasteiger partial charge on any atom is -0.313 e. The Bertz CT molecular complexity index is 292. The standard InChI is InChI=1S/C11H21NO2S/c13-15(14,9-10-3-1-4-10)8-7-12-11-5-2-6-11/h10-12H,1-9H2. The zero-order valence-corrected chi connectivity index (χ0v) is 10.1. The van der Waals surface area contributed by atoms with Crippen molar-refractivity contribution < 1.29 is 8.42 Å². The molecule has 0 amide bonds. The van der Waals surface area contributed by atoms with Crippen molar-refractivity contribution in [2.75, 3.05) is 18.1 Å². The molecule has 0 aromatic carbocycles. The summed E-state index contributed by atoms with van der Waals surface area (Å²) in [5.74, 6) is 1.23. The monoisotopic (exact) mass is 231 g/mol. The fourth-order valence-corrected chi connectivity index (χ4v) is 3.78. The van der Waals surface area contributed by atoms with Crippen LogP contribution in [0.5, 0.6) is 0 Å². The molecular weight excluding hydrogens is 210 g/mol. The van der Waals surface area contributed by atoms with Crippen LogP contribution in [0.2, 0.25) is 0 Å². The fourth-order valence-electron chi connectivity index (χ4n) is 2.13. The Morgan fingerprint density at radius 3 is 2.20 bits per heavy atom. The van der Waals surface area contributed by atoms with Gasteiger partial charge in [-0.1, -0.05) is 12.8 Å². The Morgan fingerprint density at radius 2 is 1.73 bits per heavy atom. The van der Waals surface area contributed by atoms with Crippen LogP contribution >= 0.6 is 0 Å². The van der Waals surface area contributed by atoms with E-state index >= 15 is 0 Å². The number of sulfone groups is 1. The highest BCUT2D eigenvalue weighted by Gasteiger charge is 2.24. The van der Waals surface area contributed by atoms with Gasteiger partial charge in [-0.05, 0) is 31.6 Å². The smallest absolute Gasteiger partial charge is 0.151 e. The van der Waals surface area contributed by atoms with Crippen molar-refractivity contribution in [3.8, 4) is 0 Å². The van der Waals surface area contributed by atoms with E-state index in [0.717, 1.165) is 12.8 Å². The fraction of sp³-hybridized carbons (Fsp3) is 1.00. The van der Waals surface area contributed by atoms with Crippen LogP contribution in [-0.2, 0) is 9.84 Å². The van der Waals surface area contributed by atoms with Gasteiger partial charge in [-0.25, -0.2) is 8.42 Å². The lowest BCUT2D eigenvalue weighted by atomic mass is 9.87. The first-order chi connectivity index (χ1) is 7.16. The van der Waals surface area contributed by atoms with Crippen LogP contribution in [-0.4, -0.2) is 32.5 Å². The van der Waals surface area contributed by atoms with E-state index in [1.807, 2.05) is 0 Å². The summed E-state index contributed by atoms with van der Waals surface area (Å²) in [6.07, 6.45) is 7.21. The van der Waals surface area contributed by atoms with Gasteiger partial charge < -0.3 is 5.32 Å². The van der Waals surface area contributed by atoms with Crippen molar-refractivity contribution in [2.45, 2.75) is 44.6 Å². The van der Waals surface area contributed by atoms with E-state index in [1.54, 1.807) is 0 Å². The SMILES string of the molecule is O=S(=O)(CCNC1CCC1)CC1CCC1. The van der Waals surface area contributed by atoms with Gasteiger partial charge in [0, 0.05) is 12.6 Å². The second kappa shape index (κ2) is 4.83. The molecule has 3 nitrogen and oxygen atoms in total. The quantitative estimate of drug-likeness (QED) is 0.750. The molecule has 0 aliphatic heterocycles. The largest absolute Gasteiger partial charge is 0.313 e. The van der Waals surface area contributed by atoms with Gasteiger partial charge in [0.1, 0.15) is 0 Å². The van der Waals surface area contributed by atoms with E-state index in [4.69, 9.17) is 0 Å². The summed E-state index contributed by atoms with van der Waals surface area (Å²) in [6.45, 7) is 0.653. The minimum absolute atomic E-state index is 0.333. The molecule has 0 unspecified atom stereocenters. The predicted molar refractivity (Wildman–Crippen MR) is 61.6 cm³/mol. The van der Waals surface area contributed by atoms with Crippen molar-refractivity contribution in [3.63, 3.8) is 0 Å². The summed E-state index contributed by atoms with van der Waals surface area (Å²) in [4.78, 5) is 0. The van der Waals surface area contributed by atoms with Crippen LogP contribution in [0.25, 0.3) is 0 Å². The lowest BCUT2D eigenvalue weighted by molar-refractivity contribution is 0.342. The summed E-state index contributed by atoms with van der Waals surface area (Å²) in [6, 6.07) is 0.601. The van der Waals surface area contributed by atoms with E-state index in [-0.39, 0.29) is 0 Å². The van der Waals surface area contributed by atoms with Crippen molar-refractivity contribution in [3.05, 3.63) is 0 Å². The highest BCUT2D eigenvalue weighted by atomic mass is 32.2. The van der Waals surface area contributed by atoms with E-state index < -0.39 is 9.84 Å². The van der Waals surface area contributed by atoms with Crippen LogP contribution in [0.1, 0.15) is 38.5 Å². The van der Waals surface area contributed by atoms with Gasteiger partial charge in [-0.3, -0.25) is 0 Å². The van der Waals surface area contributed by atoms with Crippen molar-refractivity contribution in [1.29, 1.82) is 0 Å². The zero-order chi connectivity index (χ0) is 10.7. The number of rotatable bonds is 6. The van der Waals surface area contributed by atoms with Gasteiger partial charge in [0.2, 0.25) is 0 Å². The Morgan fingerprint density at radius 1 is 1.07 bits per heavy atom. The molecule has 88 valence electrons. The van der Waals surface area contributed by atoms with Crippen molar-refractivity contribution >= 4 is 9.84 Å². The minimum atomic E-state index is -2.78. The van der Waals surface area contributed by atoms with Gasteiger partial charge in [0.25, 0.3) is 0 Å². The molecule has 2 saturated carbocycles.